The van der Waals surface area contributed by atoms with Crippen molar-refractivity contribution in [1.29, 1.82) is 0 Å². The first kappa shape index (κ1) is 18.8. The predicted octanol–water partition coefficient (Wildman–Crippen LogP) is 0.827. The van der Waals surface area contributed by atoms with Crippen LogP contribution in [0, 0.1) is 0 Å². The molecular weight excluding hydrogens is 248 g/mol. The van der Waals surface area contributed by atoms with Gasteiger partial charge in [0.1, 0.15) is 18.3 Å². The van der Waals surface area contributed by atoms with Gasteiger partial charge in [-0.3, -0.25) is 0 Å². The van der Waals surface area contributed by atoms with Gasteiger partial charge in [-0.15, -0.1) is 0 Å². The van der Waals surface area contributed by atoms with Crippen LogP contribution in [0.4, 0.5) is 0 Å². The Morgan fingerprint density at radius 2 is 1.42 bits per heavy atom. The molecule has 0 aliphatic carbocycles. The van der Waals surface area contributed by atoms with Crippen LogP contribution in [0.25, 0.3) is 0 Å². The molecule has 0 spiro atoms. The first-order valence-corrected chi connectivity index (χ1v) is 7.30. The van der Waals surface area contributed by atoms with Crippen LogP contribution in [0.3, 0.4) is 0 Å². The van der Waals surface area contributed by atoms with Crippen molar-refractivity contribution in [3.05, 3.63) is 0 Å². The number of aliphatic hydroxyl groups is 4. The van der Waals surface area contributed by atoms with Crippen molar-refractivity contribution in [2.45, 2.75) is 76.8 Å². The molecule has 0 bridgehead atoms. The van der Waals surface area contributed by atoms with Gasteiger partial charge in [-0.2, -0.15) is 0 Å². The van der Waals surface area contributed by atoms with E-state index >= 15 is 0 Å². The van der Waals surface area contributed by atoms with Crippen LogP contribution in [0.15, 0.2) is 0 Å². The highest BCUT2D eigenvalue weighted by molar-refractivity contribution is 4.78. The average molecular weight is 278 g/mol. The first-order chi connectivity index (χ1) is 9.00. The van der Waals surface area contributed by atoms with Crippen molar-refractivity contribution < 1.29 is 25.2 Å². The molecule has 4 atom stereocenters. The maximum absolute atomic E-state index is 9.56. The normalized spacial score (nSPS) is 18.0. The van der Waals surface area contributed by atoms with Crippen molar-refractivity contribution >= 4 is 0 Å². The fraction of sp³-hybridized carbons (Fsp3) is 1.00. The Morgan fingerprint density at radius 1 is 0.842 bits per heavy atom. The van der Waals surface area contributed by atoms with Crippen molar-refractivity contribution in [2.24, 2.45) is 0 Å². The van der Waals surface area contributed by atoms with Gasteiger partial charge in [0.15, 0.2) is 0 Å². The van der Waals surface area contributed by atoms with Gasteiger partial charge in [-0.1, -0.05) is 39.0 Å². The highest BCUT2D eigenvalue weighted by atomic mass is 16.5. The lowest BCUT2D eigenvalue weighted by Crippen LogP contribution is -2.45. The maximum Gasteiger partial charge on any atom is 0.110 e. The minimum atomic E-state index is -1.38. The van der Waals surface area contributed by atoms with Crippen LogP contribution in [0.2, 0.25) is 0 Å². The predicted molar refractivity (Wildman–Crippen MR) is 73.9 cm³/mol. The van der Waals surface area contributed by atoms with E-state index in [1.165, 1.54) is 32.6 Å². The minimum absolute atomic E-state index is 0.0279. The largest absolute Gasteiger partial charge is 0.391 e. The summed E-state index contributed by atoms with van der Waals surface area (Å²) in [6, 6.07) is 0. The number of hydrogen-bond acceptors (Lipinski definition) is 5. The lowest BCUT2D eigenvalue weighted by Gasteiger charge is -2.24. The van der Waals surface area contributed by atoms with Crippen molar-refractivity contribution in [3.8, 4) is 0 Å². The van der Waals surface area contributed by atoms with E-state index in [0.29, 0.717) is 6.61 Å². The van der Waals surface area contributed by atoms with Crippen LogP contribution >= 0.6 is 0 Å². The lowest BCUT2D eigenvalue weighted by atomic mass is 10.0. The van der Waals surface area contributed by atoms with Gasteiger partial charge in [-0.05, 0) is 13.3 Å². The van der Waals surface area contributed by atoms with E-state index < -0.39 is 24.4 Å². The molecule has 0 rings (SSSR count). The molecule has 5 nitrogen and oxygen atoms in total. The van der Waals surface area contributed by atoms with Crippen LogP contribution in [0.1, 0.15) is 52.4 Å². The summed E-state index contributed by atoms with van der Waals surface area (Å²) in [7, 11) is 0. The SMILES string of the molecule is CCCCCCCCOCC(O)C(O)C(O)C(C)O. The van der Waals surface area contributed by atoms with Gasteiger partial charge in [0.25, 0.3) is 0 Å². The number of ether oxygens (including phenoxy) is 1. The summed E-state index contributed by atoms with van der Waals surface area (Å²) < 4.78 is 5.25. The summed E-state index contributed by atoms with van der Waals surface area (Å²) in [6.07, 6.45) is 1.99. The molecule has 0 radical (unpaired) electrons. The summed E-state index contributed by atoms with van der Waals surface area (Å²) in [5.74, 6) is 0. The van der Waals surface area contributed by atoms with Gasteiger partial charge >= 0.3 is 0 Å². The molecule has 0 fully saturated rings. The summed E-state index contributed by atoms with van der Waals surface area (Å²) >= 11 is 0. The van der Waals surface area contributed by atoms with Gasteiger partial charge in [-0.25, -0.2) is 0 Å². The standard InChI is InChI=1S/C14H30O5/c1-3-4-5-6-7-8-9-19-10-12(16)14(18)13(17)11(2)15/h11-18H,3-10H2,1-2H3. The second kappa shape index (κ2) is 11.6. The molecular formula is C14H30O5. The van der Waals surface area contributed by atoms with Crippen LogP contribution in [-0.4, -0.2) is 58.1 Å². The Hall–Kier alpha value is -0.200. The zero-order valence-electron chi connectivity index (χ0n) is 12.2. The van der Waals surface area contributed by atoms with E-state index in [2.05, 4.69) is 6.92 Å². The van der Waals surface area contributed by atoms with E-state index in [0.717, 1.165) is 12.8 Å². The number of unbranched alkanes of at least 4 members (excludes halogenated alkanes) is 5. The molecule has 0 saturated heterocycles. The average Bonchev–Trinajstić information content (AvgIpc) is 2.39. The maximum atomic E-state index is 9.56. The molecule has 19 heavy (non-hydrogen) atoms. The number of aliphatic hydroxyl groups excluding tert-OH is 4. The third kappa shape index (κ3) is 9.35. The molecule has 4 N–H and O–H groups in total. The zero-order valence-corrected chi connectivity index (χ0v) is 12.2. The van der Waals surface area contributed by atoms with E-state index in [1.807, 2.05) is 0 Å². The smallest absolute Gasteiger partial charge is 0.110 e. The van der Waals surface area contributed by atoms with E-state index in [1.54, 1.807) is 0 Å². The molecule has 0 aliphatic rings. The highest BCUT2D eigenvalue weighted by Gasteiger charge is 2.27. The topological polar surface area (TPSA) is 90.2 Å². The van der Waals surface area contributed by atoms with E-state index in [-0.39, 0.29) is 6.61 Å². The molecule has 0 aliphatic heterocycles. The fourth-order valence-electron chi connectivity index (χ4n) is 1.80. The molecule has 0 aromatic heterocycles. The summed E-state index contributed by atoms with van der Waals surface area (Å²) in [5, 5.41) is 37.5. The second-order valence-corrected chi connectivity index (χ2v) is 5.13. The third-order valence-electron chi connectivity index (χ3n) is 3.17. The Labute approximate surface area is 116 Å². The summed E-state index contributed by atoms with van der Waals surface area (Å²) in [6.45, 7) is 4.05. The monoisotopic (exact) mass is 278 g/mol. The molecule has 0 aromatic carbocycles. The molecule has 116 valence electrons. The Kier molecular flexibility index (Phi) is 11.5. The van der Waals surface area contributed by atoms with Crippen LogP contribution in [0.5, 0.6) is 0 Å². The van der Waals surface area contributed by atoms with E-state index in [9.17, 15) is 15.3 Å². The van der Waals surface area contributed by atoms with Crippen LogP contribution < -0.4 is 0 Å². The number of rotatable bonds is 12. The van der Waals surface area contributed by atoms with Crippen molar-refractivity contribution in [1.82, 2.24) is 0 Å². The van der Waals surface area contributed by atoms with E-state index in [4.69, 9.17) is 9.84 Å². The Bertz CT molecular complexity index is 198. The van der Waals surface area contributed by atoms with Crippen LogP contribution in [-0.2, 0) is 4.74 Å². The van der Waals surface area contributed by atoms with Gasteiger partial charge in [0.2, 0.25) is 0 Å². The van der Waals surface area contributed by atoms with Gasteiger partial charge < -0.3 is 25.2 Å². The summed E-state index contributed by atoms with van der Waals surface area (Å²) in [4.78, 5) is 0. The Balaban J connectivity index is 3.50. The summed E-state index contributed by atoms with van der Waals surface area (Å²) in [5.41, 5.74) is 0. The minimum Gasteiger partial charge on any atom is -0.391 e. The van der Waals surface area contributed by atoms with Gasteiger partial charge in [0, 0.05) is 6.61 Å². The quantitative estimate of drug-likeness (QED) is 0.397. The molecule has 0 amide bonds. The van der Waals surface area contributed by atoms with Gasteiger partial charge in [0.05, 0.1) is 12.7 Å². The molecule has 5 heteroatoms. The third-order valence-corrected chi connectivity index (χ3v) is 3.17. The fourth-order valence-corrected chi connectivity index (χ4v) is 1.80. The number of hydrogen-bond donors (Lipinski definition) is 4. The molecule has 0 heterocycles. The second-order valence-electron chi connectivity index (χ2n) is 5.13. The Morgan fingerprint density at radius 3 is 2.00 bits per heavy atom. The zero-order chi connectivity index (χ0) is 14.7. The lowest BCUT2D eigenvalue weighted by molar-refractivity contribution is -0.117. The molecule has 4 unspecified atom stereocenters. The molecule has 0 aromatic rings. The van der Waals surface area contributed by atoms with Crippen molar-refractivity contribution in [2.75, 3.05) is 13.2 Å². The first-order valence-electron chi connectivity index (χ1n) is 7.30. The van der Waals surface area contributed by atoms with Crippen molar-refractivity contribution in [3.63, 3.8) is 0 Å². The highest BCUT2D eigenvalue weighted by Crippen LogP contribution is 2.07. The molecule has 0 saturated carbocycles.